The van der Waals surface area contributed by atoms with Crippen LogP contribution in [0.4, 0.5) is 5.95 Å². The van der Waals surface area contributed by atoms with Gasteiger partial charge in [-0.3, -0.25) is 0 Å². The smallest absolute Gasteiger partial charge is 0.399 e. The first kappa shape index (κ1) is 16.0. The number of aryl methyl sites for hydroxylation is 1. The Balaban J connectivity index is 1.70. The second kappa shape index (κ2) is 5.23. The summed E-state index contributed by atoms with van der Waals surface area (Å²) < 4.78 is 14.6. The summed E-state index contributed by atoms with van der Waals surface area (Å²) in [6, 6.07) is 6.31. The van der Waals surface area contributed by atoms with E-state index in [4.69, 9.17) is 14.3 Å². The predicted octanol–water partition coefficient (Wildman–Crippen LogP) is 2.47. The molecule has 0 bridgehead atoms. The molecule has 128 valence electrons. The molecule has 5 nitrogen and oxygen atoms in total. The van der Waals surface area contributed by atoms with Crippen LogP contribution in [0.1, 0.15) is 40.5 Å². The Morgan fingerprint density at radius 1 is 1.04 bits per heavy atom. The van der Waals surface area contributed by atoms with Gasteiger partial charge in [0, 0.05) is 20.1 Å². The lowest BCUT2D eigenvalue weighted by atomic mass is 9.79. The van der Waals surface area contributed by atoms with Gasteiger partial charge in [-0.15, -0.1) is 0 Å². The minimum Gasteiger partial charge on any atom is -0.399 e. The van der Waals surface area contributed by atoms with Gasteiger partial charge in [0.25, 0.3) is 0 Å². The van der Waals surface area contributed by atoms with Crippen LogP contribution in [0.25, 0.3) is 11.0 Å². The summed E-state index contributed by atoms with van der Waals surface area (Å²) in [5.74, 6) is 1.06. The average molecular weight is 327 g/mol. The maximum atomic E-state index is 6.18. The van der Waals surface area contributed by atoms with Crippen molar-refractivity contribution in [3.05, 3.63) is 18.2 Å². The molecular weight excluding hydrogens is 301 g/mol. The van der Waals surface area contributed by atoms with Gasteiger partial charge in [0.1, 0.15) is 0 Å². The standard InChI is InChI=1S/C18H26BN3O2/c1-17(2)18(3,4)24-19(23-17)13-8-9-14-15(12-13)21(5)16(20-14)22-10-6-7-11-22/h8-9,12H,6-7,10-11H2,1-5H3. The van der Waals surface area contributed by atoms with Gasteiger partial charge in [-0.1, -0.05) is 6.07 Å². The maximum absolute atomic E-state index is 6.18. The highest BCUT2D eigenvalue weighted by atomic mass is 16.7. The zero-order chi connectivity index (χ0) is 17.1. The van der Waals surface area contributed by atoms with Crippen LogP contribution < -0.4 is 10.4 Å². The molecule has 1 aromatic carbocycles. The number of benzene rings is 1. The minimum atomic E-state index is -0.329. The van der Waals surface area contributed by atoms with E-state index in [1.807, 2.05) is 0 Å². The summed E-state index contributed by atoms with van der Waals surface area (Å²) in [5.41, 5.74) is 2.57. The molecule has 0 radical (unpaired) electrons. The summed E-state index contributed by atoms with van der Waals surface area (Å²) in [4.78, 5) is 7.20. The van der Waals surface area contributed by atoms with Gasteiger partial charge < -0.3 is 18.8 Å². The fraction of sp³-hybridized carbons (Fsp3) is 0.611. The number of hydrogen-bond acceptors (Lipinski definition) is 4. The monoisotopic (exact) mass is 327 g/mol. The van der Waals surface area contributed by atoms with E-state index in [1.165, 1.54) is 12.8 Å². The summed E-state index contributed by atoms with van der Waals surface area (Å²) in [7, 11) is 1.77. The molecular formula is C18H26BN3O2. The van der Waals surface area contributed by atoms with Crippen LogP contribution in [-0.4, -0.2) is 41.0 Å². The molecule has 0 amide bonds. The Labute approximate surface area is 144 Å². The van der Waals surface area contributed by atoms with Crippen molar-refractivity contribution in [1.29, 1.82) is 0 Å². The number of nitrogens with zero attached hydrogens (tertiary/aromatic N) is 3. The molecule has 3 heterocycles. The quantitative estimate of drug-likeness (QED) is 0.795. The molecule has 0 N–H and O–H groups in total. The minimum absolute atomic E-state index is 0.320. The number of fused-ring (bicyclic) bond motifs is 1. The normalized spacial score (nSPS) is 22.7. The van der Waals surface area contributed by atoms with Gasteiger partial charge in [0.15, 0.2) is 0 Å². The van der Waals surface area contributed by atoms with Gasteiger partial charge >= 0.3 is 7.12 Å². The molecule has 2 aliphatic rings. The van der Waals surface area contributed by atoms with Crippen molar-refractivity contribution in [2.24, 2.45) is 7.05 Å². The topological polar surface area (TPSA) is 39.5 Å². The van der Waals surface area contributed by atoms with Crippen molar-refractivity contribution in [1.82, 2.24) is 9.55 Å². The summed E-state index contributed by atoms with van der Waals surface area (Å²) in [6.45, 7) is 10.5. The zero-order valence-corrected chi connectivity index (χ0v) is 15.3. The first-order chi connectivity index (χ1) is 11.3. The van der Waals surface area contributed by atoms with E-state index in [2.05, 4.69) is 62.4 Å². The molecule has 4 rings (SSSR count). The fourth-order valence-electron chi connectivity index (χ4n) is 3.52. The van der Waals surface area contributed by atoms with Crippen LogP contribution in [0.5, 0.6) is 0 Å². The molecule has 0 saturated carbocycles. The van der Waals surface area contributed by atoms with Crippen LogP contribution in [0, 0.1) is 0 Å². The largest absolute Gasteiger partial charge is 0.494 e. The Bertz CT molecular complexity index is 762. The number of anilines is 1. The van der Waals surface area contributed by atoms with Crippen molar-refractivity contribution >= 4 is 29.6 Å². The summed E-state index contributed by atoms with van der Waals surface area (Å²) in [5, 5.41) is 0. The molecule has 0 aliphatic carbocycles. The highest BCUT2D eigenvalue weighted by Crippen LogP contribution is 2.36. The number of imidazole rings is 1. The first-order valence-corrected chi connectivity index (χ1v) is 8.85. The van der Waals surface area contributed by atoms with Crippen molar-refractivity contribution in [2.75, 3.05) is 18.0 Å². The molecule has 0 unspecified atom stereocenters. The molecule has 2 aliphatic heterocycles. The van der Waals surface area contributed by atoms with Crippen LogP contribution >= 0.6 is 0 Å². The fourth-order valence-corrected chi connectivity index (χ4v) is 3.52. The third-order valence-electron chi connectivity index (χ3n) is 5.80. The van der Waals surface area contributed by atoms with E-state index in [0.29, 0.717) is 0 Å². The number of rotatable bonds is 2. The highest BCUT2D eigenvalue weighted by Gasteiger charge is 2.51. The van der Waals surface area contributed by atoms with Gasteiger partial charge in [-0.05, 0) is 58.1 Å². The zero-order valence-electron chi connectivity index (χ0n) is 15.3. The van der Waals surface area contributed by atoms with Crippen LogP contribution in [0.3, 0.4) is 0 Å². The molecule has 24 heavy (non-hydrogen) atoms. The Morgan fingerprint density at radius 2 is 1.67 bits per heavy atom. The Kier molecular flexibility index (Phi) is 3.48. The summed E-state index contributed by atoms with van der Waals surface area (Å²) in [6.07, 6.45) is 2.50. The third-order valence-corrected chi connectivity index (χ3v) is 5.80. The predicted molar refractivity (Wildman–Crippen MR) is 97.9 cm³/mol. The Morgan fingerprint density at radius 3 is 2.29 bits per heavy atom. The third kappa shape index (κ3) is 2.35. The number of hydrogen-bond donors (Lipinski definition) is 0. The molecule has 6 heteroatoms. The van der Waals surface area contributed by atoms with E-state index in [0.717, 1.165) is 35.5 Å². The summed E-state index contributed by atoms with van der Waals surface area (Å²) >= 11 is 0. The van der Waals surface area contributed by atoms with Crippen LogP contribution in [0.2, 0.25) is 0 Å². The second-order valence-corrected chi connectivity index (χ2v) is 8.00. The molecule has 0 atom stereocenters. The van der Waals surface area contributed by atoms with E-state index < -0.39 is 0 Å². The highest BCUT2D eigenvalue weighted by molar-refractivity contribution is 6.62. The lowest BCUT2D eigenvalue weighted by molar-refractivity contribution is 0.00578. The van der Waals surface area contributed by atoms with Crippen molar-refractivity contribution in [2.45, 2.75) is 51.7 Å². The molecule has 0 spiro atoms. The van der Waals surface area contributed by atoms with Gasteiger partial charge in [0.2, 0.25) is 5.95 Å². The van der Waals surface area contributed by atoms with Crippen LogP contribution in [0.15, 0.2) is 18.2 Å². The maximum Gasteiger partial charge on any atom is 0.494 e. The SMILES string of the molecule is Cn1c(N2CCCC2)nc2ccc(B3OC(C)(C)C(C)(C)O3)cc21. The van der Waals surface area contributed by atoms with Crippen molar-refractivity contribution in [3.8, 4) is 0 Å². The van der Waals surface area contributed by atoms with Crippen molar-refractivity contribution < 1.29 is 9.31 Å². The lowest BCUT2D eigenvalue weighted by Crippen LogP contribution is -2.41. The van der Waals surface area contributed by atoms with E-state index in [-0.39, 0.29) is 18.3 Å². The van der Waals surface area contributed by atoms with Crippen LogP contribution in [-0.2, 0) is 16.4 Å². The number of aromatic nitrogens is 2. The Hall–Kier alpha value is -1.53. The second-order valence-electron chi connectivity index (χ2n) is 8.00. The van der Waals surface area contributed by atoms with Gasteiger partial charge in [-0.25, -0.2) is 4.98 Å². The van der Waals surface area contributed by atoms with E-state index in [9.17, 15) is 0 Å². The molecule has 2 saturated heterocycles. The molecule has 1 aromatic heterocycles. The lowest BCUT2D eigenvalue weighted by Gasteiger charge is -2.32. The van der Waals surface area contributed by atoms with E-state index >= 15 is 0 Å². The van der Waals surface area contributed by atoms with E-state index in [1.54, 1.807) is 0 Å². The first-order valence-electron chi connectivity index (χ1n) is 8.85. The van der Waals surface area contributed by atoms with Crippen molar-refractivity contribution in [3.63, 3.8) is 0 Å². The van der Waals surface area contributed by atoms with Gasteiger partial charge in [0.05, 0.1) is 22.2 Å². The average Bonchev–Trinajstić information content (AvgIpc) is 3.18. The molecule has 2 fully saturated rings. The van der Waals surface area contributed by atoms with Gasteiger partial charge in [-0.2, -0.15) is 0 Å². The molecule has 2 aromatic rings.